The predicted octanol–water partition coefficient (Wildman–Crippen LogP) is 2.81. The molecular formula is C14H14N4OS. The molecule has 0 fully saturated rings. The van der Waals surface area contributed by atoms with Gasteiger partial charge in [-0.3, -0.25) is 4.79 Å². The van der Waals surface area contributed by atoms with Crippen molar-refractivity contribution in [2.45, 2.75) is 18.9 Å². The molecule has 0 radical (unpaired) electrons. The van der Waals surface area contributed by atoms with Crippen LogP contribution < -0.4 is 5.32 Å². The summed E-state index contributed by atoms with van der Waals surface area (Å²) in [6, 6.07) is 11.7. The molecule has 20 heavy (non-hydrogen) atoms. The van der Waals surface area contributed by atoms with Crippen molar-refractivity contribution in [2.24, 2.45) is 0 Å². The summed E-state index contributed by atoms with van der Waals surface area (Å²) in [7, 11) is 0. The third-order valence-electron chi connectivity index (χ3n) is 2.53. The van der Waals surface area contributed by atoms with Crippen LogP contribution in [0.5, 0.6) is 0 Å². The molecule has 1 N–H and O–H groups in total. The van der Waals surface area contributed by atoms with Gasteiger partial charge in [-0.2, -0.15) is 5.26 Å². The molecule has 0 atom stereocenters. The first-order chi connectivity index (χ1) is 9.67. The molecule has 0 saturated heterocycles. The summed E-state index contributed by atoms with van der Waals surface area (Å²) in [5, 5.41) is 17.0. The van der Waals surface area contributed by atoms with Crippen LogP contribution in [0.2, 0.25) is 0 Å². The Hall–Kier alpha value is -2.26. The van der Waals surface area contributed by atoms with Gasteiger partial charge in [0.15, 0.2) is 5.82 Å². The minimum atomic E-state index is -0.243. The maximum Gasteiger partial charge on any atom is 0.222 e. The highest BCUT2D eigenvalue weighted by Gasteiger charge is 2.19. The zero-order valence-corrected chi connectivity index (χ0v) is 12.1. The van der Waals surface area contributed by atoms with Crippen LogP contribution in [0, 0.1) is 11.3 Å². The van der Waals surface area contributed by atoms with E-state index < -0.39 is 0 Å². The lowest BCUT2D eigenvalue weighted by atomic mass is 10.3. The number of rotatable bonds is 4. The molecule has 1 aromatic heterocycles. The fourth-order valence-corrected chi connectivity index (χ4v) is 2.60. The Bertz CT molecular complexity index is 658. The fourth-order valence-electron chi connectivity index (χ4n) is 1.77. The number of thioether (sulfide) groups is 1. The Morgan fingerprint density at radius 2 is 2.15 bits per heavy atom. The van der Waals surface area contributed by atoms with Crippen molar-refractivity contribution in [2.75, 3.05) is 11.1 Å². The Labute approximate surface area is 121 Å². The van der Waals surface area contributed by atoms with Gasteiger partial charge in [-0.05, 0) is 17.9 Å². The number of anilines is 1. The number of aromatic nitrogens is 2. The number of nitrogens with zero attached hydrogens (tertiary/aromatic N) is 3. The van der Waals surface area contributed by atoms with Crippen LogP contribution in [0.15, 0.2) is 35.4 Å². The third kappa shape index (κ3) is 2.83. The molecule has 0 unspecified atom stereocenters. The quantitative estimate of drug-likeness (QED) is 0.877. The molecule has 1 heterocycles. The van der Waals surface area contributed by atoms with Crippen LogP contribution in [0.25, 0.3) is 5.69 Å². The van der Waals surface area contributed by atoms with Crippen molar-refractivity contribution in [1.82, 2.24) is 9.78 Å². The number of para-hydroxylation sites is 1. The number of amides is 1. The third-order valence-corrected chi connectivity index (χ3v) is 3.47. The maximum absolute atomic E-state index is 11.2. The zero-order valence-electron chi connectivity index (χ0n) is 11.3. The van der Waals surface area contributed by atoms with E-state index in [1.54, 1.807) is 4.68 Å². The van der Waals surface area contributed by atoms with Crippen molar-refractivity contribution in [3.8, 4) is 11.8 Å². The van der Waals surface area contributed by atoms with E-state index in [0.29, 0.717) is 11.4 Å². The average Bonchev–Trinajstić information content (AvgIpc) is 2.77. The number of carbonyl (C=O) groups excluding carboxylic acids is 1. The Morgan fingerprint density at radius 1 is 1.45 bits per heavy atom. The molecule has 2 rings (SSSR count). The van der Waals surface area contributed by atoms with Gasteiger partial charge in [0.05, 0.1) is 5.69 Å². The molecule has 1 amide bonds. The van der Waals surface area contributed by atoms with E-state index >= 15 is 0 Å². The molecule has 2 aromatic rings. The second kappa shape index (κ2) is 6.26. The average molecular weight is 286 g/mol. The van der Waals surface area contributed by atoms with Crippen molar-refractivity contribution in [1.29, 1.82) is 5.26 Å². The van der Waals surface area contributed by atoms with Crippen LogP contribution in [0.4, 0.5) is 5.82 Å². The highest BCUT2D eigenvalue weighted by molar-refractivity contribution is 7.99. The standard InChI is InChI=1S/C14H14N4OS/c1-3-20-14-12(9-15)13(16-10(2)19)17-18(14)11-7-5-4-6-8-11/h4-8H,3H2,1-2H3,(H,16,17,19). The van der Waals surface area contributed by atoms with Crippen LogP contribution in [0.1, 0.15) is 19.4 Å². The van der Waals surface area contributed by atoms with Crippen molar-refractivity contribution in [3.63, 3.8) is 0 Å². The molecule has 0 spiro atoms. The summed E-state index contributed by atoms with van der Waals surface area (Å²) >= 11 is 1.52. The highest BCUT2D eigenvalue weighted by Crippen LogP contribution is 2.30. The molecule has 0 aliphatic carbocycles. The van der Waals surface area contributed by atoms with Crippen LogP contribution >= 0.6 is 11.8 Å². The molecule has 6 heteroatoms. The summed E-state index contributed by atoms with van der Waals surface area (Å²) in [4.78, 5) is 11.2. The van der Waals surface area contributed by atoms with Crippen molar-refractivity contribution in [3.05, 3.63) is 35.9 Å². The van der Waals surface area contributed by atoms with Crippen molar-refractivity contribution < 1.29 is 4.79 Å². The van der Waals surface area contributed by atoms with Crippen molar-refractivity contribution >= 4 is 23.5 Å². The summed E-state index contributed by atoms with van der Waals surface area (Å²) in [5.74, 6) is 0.874. The van der Waals surface area contributed by atoms with E-state index in [-0.39, 0.29) is 5.91 Å². The fraction of sp³-hybridized carbons (Fsp3) is 0.214. The van der Waals surface area contributed by atoms with Gasteiger partial charge in [0.25, 0.3) is 0 Å². The van der Waals surface area contributed by atoms with Gasteiger partial charge in [-0.25, -0.2) is 4.68 Å². The number of hydrogen-bond donors (Lipinski definition) is 1. The van der Waals surface area contributed by atoms with Gasteiger partial charge in [0, 0.05) is 6.92 Å². The molecule has 0 bridgehead atoms. The van der Waals surface area contributed by atoms with E-state index in [1.807, 2.05) is 37.3 Å². The predicted molar refractivity (Wildman–Crippen MR) is 79.0 cm³/mol. The van der Waals surface area contributed by atoms with Gasteiger partial charge in [-0.15, -0.1) is 16.9 Å². The van der Waals surface area contributed by atoms with Gasteiger partial charge in [0.2, 0.25) is 5.91 Å². The second-order valence-corrected chi connectivity index (χ2v) is 5.25. The van der Waals surface area contributed by atoms with Gasteiger partial charge < -0.3 is 5.32 Å². The molecular weight excluding hydrogens is 272 g/mol. The lowest BCUT2D eigenvalue weighted by Gasteiger charge is -2.05. The van der Waals surface area contributed by atoms with Gasteiger partial charge in [0.1, 0.15) is 16.7 Å². The molecule has 0 aliphatic heterocycles. The summed E-state index contributed by atoms with van der Waals surface area (Å²) < 4.78 is 1.69. The first kappa shape index (κ1) is 14.2. The first-order valence-electron chi connectivity index (χ1n) is 6.16. The number of benzene rings is 1. The zero-order chi connectivity index (χ0) is 14.5. The van der Waals surface area contributed by atoms with E-state index in [4.69, 9.17) is 0 Å². The Balaban J connectivity index is 2.59. The number of nitrogens with one attached hydrogen (secondary N) is 1. The van der Waals surface area contributed by atoms with Crippen LogP contribution in [-0.2, 0) is 4.79 Å². The summed E-state index contributed by atoms with van der Waals surface area (Å²) in [5.41, 5.74) is 1.26. The van der Waals surface area contributed by atoms with Gasteiger partial charge >= 0.3 is 0 Å². The smallest absolute Gasteiger partial charge is 0.222 e. The first-order valence-corrected chi connectivity index (χ1v) is 7.14. The minimum absolute atomic E-state index is 0.243. The van der Waals surface area contributed by atoms with E-state index in [9.17, 15) is 10.1 Å². The molecule has 5 nitrogen and oxygen atoms in total. The van der Waals surface area contributed by atoms with E-state index in [1.165, 1.54) is 18.7 Å². The van der Waals surface area contributed by atoms with E-state index in [0.717, 1.165) is 16.5 Å². The number of carbonyl (C=O) groups is 1. The largest absolute Gasteiger partial charge is 0.308 e. The van der Waals surface area contributed by atoms with Gasteiger partial charge in [-0.1, -0.05) is 25.1 Å². The SMILES string of the molecule is CCSc1c(C#N)c(NC(C)=O)nn1-c1ccccc1. The summed E-state index contributed by atoms with van der Waals surface area (Å²) in [6.07, 6.45) is 0. The monoisotopic (exact) mass is 286 g/mol. The molecule has 0 saturated carbocycles. The van der Waals surface area contributed by atoms with Crippen LogP contribution in [0.3, 0.4) is 0 Å². The summed E-state index contributed by atoms with van der Waals surface area (Å²) in [6.45, 7) is 3.40. The molecule has 1 aromatic carbocycles. The minimum Gasteiger partial charge on any atom is -0.308 e. The number of nitriles is 1. The second-order valence-electron chi connectivity index (χ2n) is 4.00. The molecule has 0 aliphatic rings. The maximum atomic E-state index is 11.2. The lowest BCUT2D eigenvalue weighted by Crippen LogP contribution is -2.07. The van der Waals surface area contributed by atoms with Crippen LogP contribution in [-0.4, -0.2) is 21.4 Å². The highest BCUT2D eigenvalue weighted by atomic mass is 32.2. The number of hydrogen-bond acceptors (Lipinski definition) is 4. The van der Waals surface area contributed by atoms with E-state index in [2.05, 4.69) is 16.5 Å². The lowest BCUT2D eigenvalue weighted by molar-refractivity contribution is -0.114. The normalized spacial score (nSPS) is 10.1. The topological polar surface area (TPSA) is 70.7 Å². The Kier molecular flexibility index (Phi) is 4.43. The molecule has 102 valence electrons. The Morgan fingerprint density at radius 3 is 2.70 bits per heavy atom.